The highest BCUT2D eigenvalue weighted by molar-refractivity contribution is 5.97. The van der Waals surface area contributed by atoms with Crippen molar-refractivity contribution in [3.63, 3.8) is 0 Å². The lowest BCUT2D eigenvalue weighted by atomic mass is 10.1. The van der Waals surface area contributed by atoms with Crippen molar-refractivity contribution in [3.05, 3.63) is 76.1 Å². The molecule has 10 N–H and O–H groups in total. The number of amides is 1. The Morgan fingerprint density at radius 2 is 1.79 bits per heavy atom. The summed E-state index contributed by atoms with van der Waals surface area (Å²) in [5.41, 5.74) is 13.3. The number of likely N-dealkylation sites (N-methyl/N-ethyl adjacent to an activating group) is 1. The Labute approximate surface area is 270 Å². The van der Waals surface area contributed by atoms with Crippen LogP contribution in [0.1, 0.15) is 35.7 Å². The quantitative estimate of drug-likeness (QED) is 0.119. The molecule has 1 aliphatic rings. The third-order valence-corrected chi connectivity index (χ3v) is 7.15. The second kappa shape index (κ2) is 17.2. The van der Waals surface area contributed by atoms with E-state index in [4.69, 9.17) is 21.3 Å². The lowest BCUT2D eigenvalue weighted by molar-refractivity contribution is -0.145. The van der Waals surface area contributed by atoms with Crippen molar-refractivity contribution in [2.75, 3.05) is 48.0 Å². The molecule has 0 aliphatic carbocycles. The first kappa shape index (κ1) is 35.8. The number of aromatic amines is 1. The average Bonchev–Trinajstić information content (AvgIpc) is 3.03. The minimum absolute atomic E-state index is 0.0388. The van der Waals surface area contributed by atoms with Gasteiger partial charge in [-0.3, -0.25) is 24.2 Å². The number of carboxylic acids is 2. The lowest BCUT2D eigenvalue weighted by Crippen LogP contribution is -2.48. The van der Waals surface area contributed by atoms with E-state index in [0.29, 0.717) is 37.6 Å². The number of aromatic nitrogens is 2. The number of H-pyrrole nitrogens is 1. The molecule has 3 aromatic rings. The maximum atomic E-state index is 12.3. The van der Waals surface area contributed by atoms with Crippen molar-refractivity contribution in [1.29, 1.82) is 0 Å². The Balaban J connectivity index is 0.000000358. The van der Waals surface area contributed by atoms with E-state index < -0.39 is 29.9 Å². The molecule has 0 saturated heterocycles. The van der Waals surface area contributed by atoms with Crippen LogP contribution in [-0.2, 0) is 25.5 Å². The van der Waals surface area contributed by atoms with Crippen LogP contribution < -0.4 is 37.9 Å². The van der Waals surface area contributed by atoms with Crippen molar-refractivity contribution in [2.45, 2.75) is 44.3 Å². The van der Waals surface area contributed by atoms with E-state index in [1.54, 1.807) is 26.1 Å². The lowest BCUT2D eigenvalue weighted by Gasteiger charge is -2.35. The van der Waals surface area contributed by atoms with Crippen molar-refractivity contribution in [3.8, 4) is 0 Å². The summed E-state index contributed by atoms with van der Waals surface area (Å²) in [7, 11) is 1.79. The molecular formula is C31H40N8O8. The molecule has 2 aromatic carbocycles. The number of aliphatic carboxylic acids is 2. The first-order valence-electron chi connectivity index (χ1n) is 14.8. The molecule has 16 nitrogen and oxygen atoms in total. The molecule has 0 spiro atoms. The Bertz CT molecular complexity index is 1580. The van der Waals surface area contributed by atoms with Crippen molar-refractivity contribution >= 4 is 47.0 Å². The van der Waals surface area contributed by atoms with E-state index in [1.165, 1.54) is 12.1 Å². The number of carbonyl (C=O) groups is 4. The molecule has 4 rings (SSSR count). The van der Waals surface area contributed by atoms with Gasteiger partial charge >= 0.3 is 17.9 Å². The third kappa shape index (κ3) is 10.7. The summed E-state index contributed by atoms with van der Waals surface area (Å²) < 4.78 is 4.81. The number of hydrogen-bond acceptors (Lipinski definition) is 12. The Morgan fingerprint density at radius 1 is 1.11 bits per heavy atom. The number of nitrogen functional groups attached to an aromatic ring is 1. The van der Waals surface area contributed by atoms with Gasteiger partial charge in [0.05, 0.1) is 12.6 Å². The Morgan fingerprint density at radius 3 is 2.40 bits per heavy atom. The number of rotatable bonds is 13. The Hall–Kier alpha value is -5.64. The molecule has 0 saturated carbocycles. The van der Waals surface area contributed by atoms with Crippen molar-refractivity contribution in [2.24, 2.45) is 5.73 Å². The molecule has 16 heteroatoms. The molecule has 2 heterocycles. The second-order valence-electron chi connectivity index (χ2n) is 10.6. The van der Waals surface area contributed by atoms with Crippen LogP contribution in [0.2, 0.25) is 0 Å². The van der Waals surface area contributed by atoms with Crippen LogP contribution in [0.15, 0.2) is 59.4 Å². The largest absolute Gasteiger partial charge is 0.481 e. The standard InChI is InChI=1S/C20H25N7O6.C11H15NO2/c1-27-12(9-23-16-15(27)18(31)26-20(21)25-16)8-22-11-4-2-10(3-5-11)17(30)24-13(19(32)33)6-7-14(28)29;1-2-14-11(13)10(12)8-9-6-4-3-5-7-9/h2-5,12-13,22H,6-9H2,1H3,(H,24,30)(H,28,29)(H,32,33)(H4,21,23,25,26,31);3-7,10H,2,8,12H2,1H3/t12-,13-;10-/m00/s1. The molecule has 3 atom stereocenters. The molecule has 1 aromatic heterocycles. The summed E-state index contributed by atoms with van der Waals surface area (Å²) in [6.45, 7) is 3.16. The maximum Gasteiger partial charge on any atom is 0.326 e. The van der Waals surface area contributed by atoms with Gasteiger partial charge in [0.1, 0.15) is 17.8 Å². The summed E-state index contributed by atoms with van der Waals surface area (Å²) in [6, 6.07) is 14.1. The predicted octanol–water partition coefficient (Wildman–Crippen LogP) is 0.862. The van der Waals surface area contributed by atoms with Gasteiger partial charge in [-0.2, -0.15) is 4.98 Å². The Kier molecular flexibility index (Phi) is 13.1. The molecule has 1 aliphatic heterocycles. The summed E-state index contributed by atoms with van der Waals surface area (Å²) >= 11 is 0. The van der Waals surface area contributed by atoms with Crippen LogP contribution in [0, 0.1) is 0 Å². The number of esters is 1. The molecule has 1 amide bonds. The third-order valence-electron chi connectivity index (χ3n) is 7.15. The smallest absolute Gasteiger partial charge is 0.326 e. The first-order valence-corrected chi connectivity index (χ1v) is 14.8. The van der Waals surface area contributed by atoms with Gasteiger partial charge in [0.15, 0.2) is 5.82 Å². The molecule has 252 valence electrons. The van der Waals surface area contributed by atoms with Gasteiger partial charge < -0.3 is 47.3 Å². The van der Waals surface area contributed by atoms with E-state index in [-0.39, 0.29) is 41.9 Å². The molecule has 47 heavy (non-hydrogen) atoms. The summed E-state index contributed by atoms with van der Waals surface area (Å²) in [5.74, 6) is -2.93. The number of anilines is 4. The molecule has 0 bridgehead atoms. The molecule has 0 unspecified atom stereocenters. The predicted molar refractivity (Wildman–Crippen MR) is 175 cm³/mol. The minimum Gasteiger partial charge on any atom is -0.481 e. The fraction of sp³-hybridized carbons (Fsp3) is 0.355. The van der Waals surface area contributed by atoms with Gasteiger partial charge in [0.2, 0.25) is 5.95 Å². The normalized spacial score (nSPS) is 14.6. The summed E-state index contributed by atoms with van der Waals surface area (Å²) in [5, 5.41) is 26.6. The van der Waals surface area contributed by atoms with Crippen LogP contribution in [0.3, 0.4) is 0 Å². The number of carbonyl (C=O) groups excluding carboxylic acids is 2. The highest BCUT2D eigenvalue weighted by Crippen LogP contribution is 2.25. The van der Waals surface area contributed by atoms with Gasteiger partial charge in [0, 0.05) is 37.8 Å². The fourth-order valence-electron chi connectivity index (χ4n) is 4.62. The van der Waals surface area contributed by atoms with Crippen molar-refractivity contribution < 1.29 is 34.1 Å². The van der Waals surface area contributed by atoms with Crippen LogP contribution in [0.4, 0.5) is 23.1 Å². The monoisotopic (exact) mass is 652 g/mol. The average molecular weight is 653 g/mol. The van der Waals surface area contributed by atoms with E-state index in [0.717, 1.165) is 11.3 Å². The van der Waals surface area contributed by atoms with Gasteiger partial charge in [-0.15, -0.1) is 0 Å². The van der Waals surface area contributed by atoms with Gasteiger partial charge in [-0.1, -0.05) is 30.3 Å². The fourth-order valence-corrected chi connectivity index (χ4v) is 4.62. The van der Waals surface area contributed by atoms with Crippen molar-refractivity contribution in [1.82, 2.24) is 15.3 Å². The zero-order chi connectivity index (χ0) is 34.5. The number of benzene rings is 2. The number of nitrogens with one attached hydrogen (secondary N) is 4. The number of nitrogens with zero attached hydrogens (tertiary/aromatic N) is 2. The van der Waals surface area contributed by atoms with E-state index in [2.05, 4.69) is 25.9 Å². The van der Waals surface area contributed by atoms with Crippen LogP contribution >= 0.6 is 0 Å². The van der Waals surface area contributed by atoms with E-state index >= 15 is 0 Å². The zero-order valence-corrected chi connectivity index (χ0v) is 26.1. The van der Waals surface area contributed by atoms with Crippen LogP contribution in [0.5, 0.6) is 0 Å². The highest BCUT2D eigenvalue weighted by Gasteiger charge is 2.27. The number of nitrogens with two attached hydrogens (primary N) is 2. The zero-order valence-electron chi connectivity index (χ0n) is 26.1. The molecule has 0 fully saturated rings. The minimum atomic E-state index is -1.30. The van der Waals surface area contributed by atoms with Crippen LogP contribution in [0.25, 0.3) is 0 Å². The van der Waals surface area contributed by atoms with Gasteiger partial charge in [-0.25, -0.2) is 4.79 Å². The summed E-state index contributed by atoms with van der Waals surface area (Å²) in [4.78, 5) is 66.1. The molecule has 0 radical (unpaired) electrons. The SMILES string of the molecule is CCOC(=O)[C@@H](N)Cc1ccccc1.CN1c2c(nc(N)[nH]c2=O)NC[C@@H]1CNc1ccc(C(=O)N[C@@H](CCC(=O)O)C(=O)O)cc1. The number of ether oxygens (including phenoxy) is 1. The number of carboxylic acid groups (broad SMARTS) is 2. The number of hydrogen-bond donors (Lipinski definition) is 8. The maximum absolute atomic E-state index is 12.3. The van der Waals surface area contributed by atoms with Gasteiger partial charge in [-0.05, 0) is 49.6 Å². The highest BCUT2D eigenvalue weighted by atomic mass is 16.5. The van der Waals surface area contributed by atoms with E-state index in [9.17, 15) is 29.1 Å². The molecular weight excluding hydrogens is 612 g/mol. The van der Waals surface area contributed by atoms with E-state index in [1.807, 2.05) is 35.2 Å². The first-order chi connectivity index (χ1) is 22.4. The summed E-state index contributed by atoms with van der Waals surface area (Å²) in [6.07, 6.45) is -0.0584. The number of fused-ring (bicyclic) bond motifs is 1. The topological polar surface area (TPSA) is 255 Å². The van der Waals surface area contributed by atoms with Gasteiger partial charge in [0.25, 0.3) is 11.5 Å². The van der Waals surface area contributed by atoms with Crippen LogP contribution in [-0.4, -0.2) is 88.9 Å². The second-order valence-corrected chi connectivity index (χ2v) is 10.6.